The number of carboxylic acids is 1. The minimum atomic E-state index is -0.936. The highest BCUT2D eigenvalue weighted by Crippen LogP contribution is 2.19. The number of hydrogen-bond acceptors (Lipinski definition) is 4. The maximum atomic E-state index is 10.9. The summed E-state index contributed by atoms with van der Waals surface area (Å²) in [6.07, 6.45) is 0. The topological polar surface area (TPSA) is 80.9 Å². The minimum absolute atomic E-state index is 0.159. The molecule has 0 spiro atoms. The Morgan fingerprint density at radius 3 is 2.74 bits per heavy atom. The molecule has 19 heavy (non-hydrogen) atoms. The molecule has 0 unspecified atom stereocenters. The summed E-state index contributed by atoms with van der Waals surface area (Å²) in [6, 6.07) is 6.78. The third kappa shape index (κ3) is 2.96. The first kappa shape index (κ1) is 13.2. The van der Waals surface area contributed by atoms with Crippen LogP contribution in [0.1, 0.15) is 42.5 Å². The van der Waals surface area contributed by atoms with E-state index < -0.39 is 5.97 Å². The van der Waals surface area contributed by atoms with E-state index in [1.807, 2.05) is 26.8 Å². The van der Waals surface area contributed by atoms with Crippen LogP contribution in [0.2, 0.25) is 0 Å². The fourth-order valence-corrected chi connectivity index (χ4v) is 1.82. The van der Waals surface area contributed by atoms with Gasteiger partial charge in [0.1, 0.15) is 0 Å². The molecule has 0 fully saturated rings. The van der Waals surface area contributed by atoms with Gasteiger partial charge < -0.3 is 5.11 Å². The molecule has 100 valence electrons. The molecule has 0 saturated heterocycles. The highest BCUT2D eigenvalue weighted by atomic mass is 16.4. The summed E-state index contributed by atoms with van der Waals surface area (Å²) in [4.78, 5) is 10.9. The van der Waals surface area contributed by atoms with Crippen molar-refractivity contribution in [3.05, 3.63) is 41.2 Å². The maximum absolute atomic E-state index is 10.9. The summed E-state index contributed by atoms with van der Waals surface area (Å²) >= 11 is 0. The lowest BCUT2D eigenvalue weighted by molar-refractivity contribution is 0.0696. The van der Waals surface area contributed by atoms with Crippen LogP contribution in [-0.4, -0.2) is 31.3 Å². The molecule has 6 heteroatoms. The molecule has 1 aromatic heterocycles. The molecule has 0 amide bonds. The number of aromatic carboxylic acids is 1. The Kier molecular flexibility index (Phi) is 3.33. The zero-order valence-corrected chi connectivity index (χ0v) is 11.2. The highest BCUT2D eigenvalue weighted by Gasteiger charge is 2.21. The molecule has 6 nitrogen and oxygen atoms in total. The van der Waals surface area contributed by atoms with Gasteiger partial charge in [-0.3, -0.25) is 0 Å². The Hall–Kier alpha value is -2.24. The number of carboxylic acid groups (broad SMARTS) is 1. The van der Waals surface area contributed by atoms with Crippen LogP contribution in [0.4, 0.5) is 0 Å². The van der Waals surface area contributed by atoms with E-state index in [1.165, 1.54) is 0 Å². The molecule has 1 aromatic carbocycles. The molecular formula is C13H16N4O2. The normalized spacial score (nSPS) is 11.5. The number of hydrogen-bond donors (Lipinski definition) is 1. The van der Waals surface area contributed by atoms with Crippen molar-refractivity contribution in [2.24, 2.45) is 0 Å². The van der Waals surface area contributed by atoms with Gasteiger partial charge in [0.2, 0.25) is 0 Å². The van der Waals surface area contributed by atoms with E-state index in [0.717, 1.165) is 11.4 Å². The van der Waals surface area contributed by atoms with Gasteiger partial charge in [-0.05, 0) is 28.1 Å². The molecule has 0 aliphatic rings. The van der Waals surface area contributed by atoms with Crippen LogP contribution in [-0.2, 0) is 12.0 Å². The van der Waals surface area contributed by atoms with Crippen LogP contribution in [0.3, 0.4) is 0 Å². The summed E-state index contributed by atoms with van der Waals surface area (Å²) < 4.78 is 1.70. The average Bonchev–Trinajstić information content (AvgIpc) is 2.77. The Bertz CT molecular complexity index is 599. The first-order valence-corrected chi connectivity index (χ1v) is 5.97. The van der Waals surface area contributed by atoms with E-state index in [2.05, 4.69) is 15.5 Å². The van der Waals surface area contributed by atoms with E-state index in [1.54, 1.807) is 22.9 Å². The molecule has 0 saturated carbocycles. The van der Waals surface area contributed by atoms with Gasteiger partial charge in [0.15, 0.2) is 5.82 Å². The zero-order chi connectivity index (χ0) is 14.0. The molecule has 0 radical (unpaired) electrons. The molecule has 0 atom stereocenters. The summed E-state index contributed by atoms with van der Waals surface area (Å²) in [5, 5.41) is 20.6. The average molecular weight is 260 g/mol. The predicted octanol–water partition coefficient (Wildman–Crippen LogP) is 1.72. The van der Waals surface area contributed by atoms with Gasteiger partial charge >= 0.3 is 5.97 Å². The predicted molar refractivity (Wildman–Crippen MR) is 69.0 cm³/mol. The van der Waals surface area contributed by atoms with E-state index in [4.69, 9.17) is 5.11 Å². The third-order valence-electron chi connectivity index (χ3n) is 2.71. The number of rotatable bonds is 3. The Morgan fingerprint density at radius 1 is 1.37 bits per heavy atom. The van der Waals surface area contributed by atoms with Crippen molar-refractivity contribution in [1.29, 1.82) is 0 Å². The van der Waals surface area contributed by atoms with Gasteiger partial charge in [-0.25, -0.2) is 9.48 Å². The maximum Gasteiger partial charge on any atom is 0.335 e. The summed E-state index contributed by atoms with van der Waals surface area (Å²) in [7, 11) is 0. The molecule has 0 bridgehead atoms. The van der Waals surface area contributed by atoms with E-state index in [9.17, 15) is 4.79 Å². The number of benzene rings is 1. The lowest BCUT2D eigenvalue weighted by atomic mass is 9.96. The fourth-order valence-electron chi connectivity index (χ4n) is 1.82. The van der Waals surface area contributed by atoms with Gasteiger partial charge in [0, 0.05) is 5.41 Å². The molecule has 2 aromatic rings. The van der Waals surface area contributed by atoms with Gasteiger partial charge in [-0.2, -0.15) is 0 Å². The molecule has 0 aliphatic heterocycles. The number of aromatic nitrogens is 4. The second kappa shape index (κ2) is 4.79. The summed E-state index contributed by atoms with van der Waals surface area (Å²) in [5.41, 5.74) is 0.967. The largest absolute Gasteiger partial charge is 0.478 e. The Balaban J connectivity index is 2.29. The van der Waals surface area contributed by atoms with Crippen molar-refractivity contribution in [2.45, 2.75) is 32.7 Å². The van der Waals surface area contributed by atoms with Crippen LogP contribution in [0.25, 0.3) is 0 Å². The first-order chi connectivity index (χ1) is 8.88. The number of nitrogens with zero attached hydrogens (tertiary/aromatic N) is 4. The van der Waals surface area contributed by atoms with Gasteiger partial charge in [0.05, 0.1) is 12.1 Å². The third-order valence-corrected chi connectivity index (χ3v) is 2.71. The zero-order valence-electron chi connectivity index (χ0n) is 11.2. The Labute approximate surface area is 111 Å². The Morgan fingerprint density at radius 2 is 2.11 bits per heavy atom. The van der Waals surface area contributed by atoms with Crippen molar-refractivity contribution in [3.63, 3.8) is 0 Å². The van der Waals surface area contributed by atoms with Crippen molar-refractivity contribution >= 4 is 5.97 Å². The van der Waals surface area contributed by atoms with E-state index in [0.29, 0.717) is 6.54 Å². The van der Waals surface area contributed by atoms with Crippen molar-refractivity contribution in [3.8, 4) is 0 Å². The van der Waals surface area contributed by atoms with E-state index in [-0.39, 0.29) is 11.0 Å². The summed E-state index contributed by atoms with van der Waals surface area (Å²) in [5.74, 6) is -0.164. The monoisotopic (exact) mass is 260 g/mol. The smallest absolute Gasteiger partial charge is 0.335 e. The van der Waals surface area contributed by atoms with Crippen LogP contribution in [0, 0.1) is 0 Å². The van der Waals surface area contributed by atoms with Crippen LogP contribution in [0.15, 0.2) is 24.3 Å². The van der Waals surface area contributed by atoms with Crippen LogP contribution in [0.5, 0.6) is 0 Å². The second-order valence-corrected chi connectivity index (χ2v) is 5.42. The van der Waals surface area contributed by atoms with E-state index >= 15 is 0 Å². The van der Waals surface area contributed by atoms with Gasteiger partial charge in [0.25, 0.3) is 0 Å². The quantitative estimate of drug-likeness (QED) is 0.908. The fraction of sp³-hybridized carbons (Fsp3) is 0.385. The van der Waals surface area contributed by atoms with Crippen molar-refractivity contribution < 1.29 is 9.90 Å². The van der Waals surface area contributed by atoms with Crippen molar-refractivity contribution in [1.82, 2.24) is 20.2 Å². The van der Waals surface area contributed by atoms with Crippen LogP contribution < -0.4 is 0 Å². The lowest BCUT2D eigenvalue weighted by Gasteiger charge is -2.17. The molecule has 1 heterocycles. The standard InChI is InChI=1S/C13H16N4O2/c1-13(2,3)12-14-15-16-17(12)8-9-5-4-6-10(7-9)11(18)19/h4-7H,8H2,1-3H3,(H,18,19). The number of tetrazole rings is 1. The van der Waals surface area contributed by atoms with Crippen molar-refractivity contribution in [2.75, 3.05) is 0 Å². The SMILES string of the molecule is CC(C)(C)c1nnnn1Cc1cccc(C(=O)O)c1. The van der Waals surface area contributed by atoms with Gasteiger partial charge in [-0.15, -0.1) is 5.10 Å². The van der Waals surface area contributed by atoms with Gasteiger partial charge in [-0.1, -0.05) is 32.9 Å². The highest BCUT2D eigenvalue weighted by molar-refractivity contribution is 5.87. The first-order valence-electron chi connectivity index (χ1n) is 5.97. The number of carbonyl (C=O) groups is 1. The lowest BCUT2D eigenvalue weighted by Crippen LogP contribution is -2.20. The molecule has 1 N–H and O–H groups in total. The van der Waals surface area contributed by atoms with Crippen LogP contribution >= 0.6 is 0 Å². The molecular weight excluding hydrogens is 244 g/mol. The summed E-state index contributed by atoms with van der Waals surface area (Å²) in [6.45, 7) is 6.55. The minimum Gasteiger partial charge on any atom is -0.478 e. The molecule has 2 rings (SSSR count). The second-order valence-electron chi connectivity index (χ2n) is 5.42. The molecule has 0 aliphatic carbocycles.